The Morgan fingerprint density at radius 1 is 1.20 bits per heavy atom. The van der Waals surface area contributed by atoms with E-state index in [2.05, 4.69) is 15.9 Å². The summed E-state index contributed by atoms with van der Waals surface area (Å²) in [7, 11) is 1.69. The third kappa shape index (κ3) is 8.46. The van der Waals surface area contributed by atoms with E-state index in [1.54, 1.807) is 7.11 Å². The molecule has 0 radical (unpaired) electrons. The van der Waals surface area contributed by atoms with Crippen molar-refractivity contribution >= 4 is 27.5 Å². The Labute approximate surface area is 106 Å². The van der Waals surface area contributed by atoms with Crippen LogP contribution < -0.4 is 0 Å². The average molecular weight is 304 g/mol. The normalized spacial score (nSPS) is 15.2. The van der Waals surface area contributed by atoms with Crippen molar-refractivity contribution in [2.24, 2.45) is 0 Å². The van der Waals surface area contributed by atoms with E-state index in [0.29, 0.717) is 25.7 Å². The van der Waals surface area contributed by atoms with Gasteiger partial charge in [0.1, 0.15) is 0 Å². The summed E-state index contributed by atoms with van der Waals surface area (Å²) < 4.78 is 15.9. The van der Waals surface area contributed by atoms with Crippen molar-refractivity contribution in [3.63, 3.8) is 0 Å². The van der Waals surface area contributed by atoms with E-state index in [-0.39, 0.29) is 5.60 Å². The second-order valence-electron chi connectivity index (χ2n) is 3.52. The molecule has 0 spiro atoms. The molecule has 0 saturated heterocycles. The van der Waals surface area contributed by atoms with Crippen molar-refractivity contribution < 1.29 is 14.2 Å². The summed E-state index contributed by atoms with van der Waals surface area (Å²) in [6.07, 6.45) is 0.918. The molecule has 0 fully saturated rings. The number of methoxy groups -OCH3 is 1. The molecule has 92 valence electrons. The molecule has 3 nitrogen and oxygen atoms in total. The Kier molecular flexibility index (Phi) is 10.3. The van der Waals surface area contributed by atoms with Crippen LogP contribution in [0.3, 0.4) is 0 Å². The topological polar surface area (TPSA) is 27.7 Å². The first-order valence-corrected chi connectivity index (χ1v) is 6.66. The summed E-state index contributed by atoms with van der Waals surface area (Å²) in [6.45, 7) is 4.59. The van der Waals surface area contributed by atoms with Gasteiger partial charge in [0.25, 0.3) is 0 Å². The number of halogens is 2. The van der Waals surface area contributed by atoms with E-state index in [1.165, 1.54) is 0 Å². The van der Waals surface area contributed by atoms with Crippen molar-refractivity contribution in [2.45, 2.75) is 18.9 Å². The highest BCUT2D eigenvalue weighted by atomic mass is 79.9. The molecule has 0 bridgehead atoms. The fourth-order valence-corrected chi connectivity index (χ4v) is 1.63. The molecule has 15 heavy (non-hydrogen) atoms. The van der Waals surface area contributed by atoms with E-state index in [4.69, 9.17) is 25.8 Å². The van der Waals surface area contributed by atoms with Crippen LogP contribution in [0.5, 0.6) is 0 Å². The lowest BCUT2D eigenvalue weighted by molar-refractivity contribution is -0.0311. The smallest absolute Gasteiger partial charge is 0.0886 e. The van der Waals surface area contributed by atoms with E-state index >= 15 is 0 Å². The van der Waals surface area contributed by atoms with Crippen LogP contribution in [0.15, 0.2) is 0 Å². The summed E-state index contributed by atoms with van der Waals surface area (Å²) in [5, 5.41) is 0.729. The van der Waals surface area contributed by atoms with Gasteiger partial charge in [-0.3, -0.25) is 0 Å². The molecule has 0 rings (SSSR count). The van der Waals surface area contributed by atoms with Gasteiger partial charge in [0.15, 0.2) is 0 Å². The lowest BCUT2D eigenvalue weighted by Crippen LogP contribution is -2.34. The van der Waals surface area contributed by atoms with Crippen LogP contribution in [0, 0.1) is 0 Å². The second-order valence-corrected chi connectivity index (χ2v) is 4.35. The first-order valence-electron chi connectivity index (χ1n) is 5.01. The highest BCUT2D eigenvalue weighted by Gasteiger charge is 2.21. The van der Waals surface area contributed by atoms with Gasteiger partial charge in [-0.15, -0.1) is 11.6 Å². The molecule has 0 N–H and O–H groups in total. The van der Waals surface area contributed by atoms with Crippen LogP contribution in [-0.4, -0.2) is 50.3 Å². The summed E-state index contributed by atoms with van der Waals surface area (Å²) in [5.41, 5.74) is -0.294. The van der Waals surface area contributed by atoms with E-state index in [0.717, 1.165) is 18.4 Å². The van der Waals surface area contributed by atoms with Crippen molar-refractivity contribution in [3.05, 3.63) is 0 Å². The van der Waals surface area contributed by atoms with Crippen molar-refractivity contribution in [3.8, 4) is 0 Å². The van der Waals surface area contributed by atoms with Gasteiger partial charge in [-0.1, -0.05) is 15.9 Å². The Balaban J connectivity index is 3.29. The van der Waals surface area contributed by atoms with Crippen LogP contribution in [0.2, 0.25) is 0 Å². The zero-order valence-corrected chi connectivity index (χ0v) is 11.8. The minimum atomic E-state index is -0.294. The Bertz CT molecular complexity index is 143. The Morgan fingerprint density at radius 2 is 1.93 bits per heavy atom. The molecule has 0 aliphatic carbocycles. The minimum absolute atomic E-state index is 0.294. The molecule has 1 atom stereocenters. The van der Waals surface area contributed by atoms with Gasteiger partial charge in [-0.2, -0.15) is 0 Å². The first-order chi connectivity index (χ1) is 7.18. The maximum absolute atomic E-state index is 5.78. The van der Waals surface area contributed by atoms with Gasteiger partial charge in [-0.25, -0.2) is 0 Å². The summed E-state index contributed by atoms with van der Waals surface area (Å²) in [6, 6.07) is 0. The average Bonchev–Trinajstić information content (AvgIpc) is 2.27. The molecule has 0 aromatic rings. The van der Waals surface area contributed by atoms with E-state index < -0.39 is 0 Å². The maximum atomic E-state index is 5.78. The molecule has 5 heteroatoms. The van der Waals surface area contributed by atoms with Crippen molar-refractivity contribution in [1.82, 2.24) is 0 Å². The number of rotatable bonds is 10. The van der Waals surface area contributed by atoms with Gasteiger partial charge < -0.3 is 14.2 Å². The third-order valence-corrected chi connectivity index (χ3v) is 3.63. The SMILES string of the molecule is COCCCOCCOC(C)(CCl)CBr. The Hall–Kier alpha value is 0.650. The Morgan fingerprint density at radius 3 is 2.47 bits per heavy atom. The van der Waals surface area contributed by atoms with Gasteiger partial charge in [0.2, 0.25) is 0 Å². The molecular weight excluding hydrogens is 283 g/mol. The molecule has 0 aliphatic heterocycles. The van der Waals surface area contributed by atoms with Gasteiger partial charge >= 0.3 is 0 Å². The first kappa shape index (κ1) is 15.7. The van der Waals surface area contributed by atoms with Gasteiger partial charge in [0.05, 0.1) is 24.7 Å². The molecule has 0 heterocycles. The molecule has 0 aliphatic rings. The fourth-order valence-electron chi connectivity index (χ4n) is 0.867. The van der Waals surface area contributed by atoms with E-state index in [9.17, 15) is 0 Å². The van der Waals surface area contributed by atoms with Gasteiger partial charge in [0, 0.05) is 25.7 Å². The number of alkyl halides is 2. The predicted molar refractivity (Wildman–Crippen MR) is 66.2 cm³/mol. The highest BCUT2D eigenvalue weighted by Crippen LogP contribution is 2.15. The number of hydrogen-bond acceptors (Lipinski definition) is 3. The highest BCUT2D eigenvalue weighted by molar-refractivity contribution is 9.09. The zero-order chi connectivity index (χ0) is 11.6. The van der Waals surface area contributed by atoms with E-state index in [1.807, 2.05) is 6.92 Å². The van der Waals surface area contributed by atoms with Crippen LogP contribution >= 0.6 is 27.5 Å². The largest absolute Gasteiger partial charge is 0.385 e. The molecule has 0 amide bonds. The number of hydrogen-bond donors (Lipinski definition) is 0. The minimum Gasteiger partial charge on any atom is -0.385 e. The molecule has 0 saturated carbocycles. The molecular formula is C10H20BrClO3. The lowest BCUT2D eigenvalue weighted by atomic mass is 10.2. The summed E-state index contributed by atoms with van der Waals surface area (Å²) >= 11 is 9.15. The second kappa shape index (κ2) is 9.85. The van der Waals surface area contributed by atoms with Crippen molar-refractivity contribution in [2.75, 3.05) is 44.7 Å². The zero-order valence-electron chi connectivity index (χ0n) is 9.43. The third-order valence-electron chi connectivity index (χ3n) is 1.88. The predicted octanol–water partition coefficient (Wildman–Crippen LogP) is 2.45. The summed E-state index contributed by atoms with van der Waals surface area (Å²) in [4.78, 5) is 0. The van der Waals surface area contributed by atoms with Crippen LogP contribution in [0.1, 0.15) is 13.3 Å². The lowest BCUT2D eigenvalue weighted by Gasteiger charge is -2.24. The summed E-state index contributed by atoms with van der Waals surface area (Å²) in [5.74, 6) is 0.474. The monoisotopic (exact) mass is 302 g/mol. The van der Waals surface area contributed by atoms with Crippen molar-refractivity contribution in [1.29, 1.82) is 0 Å². The molecule has 1 unspecified atom stereocenters. The molecule has 0 aromatic heterocycles. The standard InChI is InChI=1S/C10H20BrClO3/c1-10(8-11,9-12)15-7-6-14-5-3-4-13-2/h3-9H2,1-2H3. The quantitative estimate of drug-likeness (QED) is 0.458. The fraction of sp³-hybridized carbons (Fsp3) is 1.00. The van der Waals surface area contributed by atoms with Crippen LogP contribution in [-0.2, 0) is 14.2 Å². The number of ether oxygens (including phenoxy) is 3. The van der Waals surface area contributed by atoms with Crippen LogP contribution in [0.4, 0.5) is 0 Å². The van der Waals surface area contributed by atoms with Gasteiger partial charge in [-0.05, 0) is 13.3 Å². The molecule has 0 aromatic carbocycles. The van der Waals surface area contributed by atoms with Crippen LogP contribution in [0.25, 0.3) is 0 Å². The maximum Gasteiger partial charge on any atom is 0.0886 e.